The zero-order valence-electron chi connectivity index (χ0n) is 15.9. The molecule has 0 atom stereocenters. The van der Waals surface area contributed by atoms with E-state index in [0.717, 1.165) is 59.7 Å². The maximum atomic E-state index is 10.1. The molecule has 1 aromatic heterocycles. The molecule has 0 spiro atoms. The van der Waals surface area contributed by atoms with Crippen molar-refractivity contribution < 1.29 is 4.74 Å². The van der Waals surface area contributed by atoms with E-state index >= 15 is 0 Å². The highest BCUT2D eigenvalue weighted by molar-refractivity contribution is 5.96. The molecule has 2 heterocycles. The van der Waals surface area contributed by atoms with Crippen molar-refractivity contribution in [3.8, 4) is 17.3 Å². The number of aromatic nitrogens is 1. The van der Waals surface area contributed by atoms with Crippen molar-refractivity contribution in [2.75, 3.05) is 36.9 Å². The number of hydrogen-bond donors (Lipinski definition) is 1. The first-order chi connectivity index (χ1) is 13.8. The first-order valence-electron chi connectivity index (χ1n) is 10.0. The lowest BCUT2D eigenvalue weighted by molar-refractivity contribution is 0.122. The summed E-state index contributed by atoms with van der Waals surface area (Å²) >= 11 is 0. The van der Waals surface area contributed by atoms with E-state index in [1.165, 1.54) is 24.9 Å². The van der Waals surface area contributed by atoms with Gasteiger partial charge >= 0.3 is 0 Å². The summed E-state index contributed by atoms with van der Waals surface area (Å²) in [7, 11) is 0. The Morgan fingerprint density at radius 1 is 1.04 bits per heavy atom. The van der Waals surface area contributed by atoms with Crippen LogP contribution in [0.15, 0.2) is 42.5 Å². The number of anilines is 2. The molecular weight excluding hydrogens is 348 g/mol. The number of nitrogens with two attached hydrogens (primary N) is 1. The molecule has 1 aliphatic heterocycles. The van der Waals surface area contributed by atoms with E-state index in [1.54, 1.807) is 0 Å². The van der Waals surface area contributed by atoms with E-state index in [4.69, 9.17) is 10.5 Å². The molecule has 2 N–H and O–H groups in total. The number of morpholine rings is 1. The van der Waals surface area contributed by atoms with E-state index in [9.17, 15) is 5.26 Å². The van der Waals surface area contributed by atoms with E-state index < -0.39 is 0 Å². The number of nitrogen functional groups attached to an aromatic ring is 1. The van der Waals surface area contributed by atoms with Crippen molar-refractivity contribution in [3.05, 3.63) is 48.0 Å². The van der Waals surface area contributed by atoms with Crippen LogP contribution in [0.5, 0.6) is 0 Å². The van der Waals surface area contributed by atoms with Crippen LogP contribution in [0.3, 0.4) is 0 Å². The van der Waals surface area contributed by atoms with Crippen LogP contribution in [0.4, 0.5) is 11.4 Å². The fraction of sp³-hybridized carbons (Fsp3) is 0.348. The van der Waals surface area contributed by atoms with Crippen molar-refractivity contribution in [1.82, 2.24) is 4.57 Å². The summed E-state index contributed by atoms with van der Waals surface area (Å²) in [5.74, 6) is 0. The van der Waals surface area contributed by atoms with Gasteiger partial charge < -0.3 is 19.9 Å². The number of rotatable bonds is 3. The highest BCUT2D eigenvalue weighted by Gasteiger charge is 2.28. The summed E-state index contributed by atoms with van der Waals surface area (Å²) < 4.78 is 7.88. The van der Waals surface area contributed by atoms with Crippen LogP contribution in [0.2, 0.25) is 0 Å². The minimum absolute atomic E-state index is 0.464. The molecule has 5 rings (SSSR count). The number of fused-ring (bicyclic) bond motifs is 1. The molecule has 3 aromatic rings. The Kier molecular flexibility index (Phi) is 4.22. The topological polar surface area (TPSA) is 67.2 Å². The van der Waals surface area contributed by atoms with Gasteiger partial charge in [0.15, 0.2) is 0 Å². The summed E-state index contributed by atoms with van der Waals surface area (Å²) in [6.07, 6.45) is 3.59. The molecule has 2 aliphatic rings. The van der Waals surface area contributed by atoms with Crippen LogP contribution in [0.1, 0.15) is 30.9 Å². The zero-order valence-corrected chi connectivity index (χ0v) is 15.9. The largest absolute Gasteiger partial charge is 0.399 e. The minimum atomic E-state index is 0.464. The number of benzene rings is 2. The molecule has 1 saturated heterocycles. The van der Waals surface area contributed by atoms with Gasteiger partial charge in [0.05, 0.1) is 30.0 Å². The van der Waals surface area contributed by atoms with Crippen LogP contribution in [0, 0.1) is 11.3 Å². The van der Waals surface area contributed by atoms with Crippen LogP contribution in [-0.4, -0.2) is 30.9 Å². The summed E-state index contributed by atoms with van der Waals surface area (Å²) in [6, 6.07) is 17.4. The second kappa shape index (κ2) is 6.88. The number of ether oxygens (including phenoxy) is 1. The summed E-state index contributed by atoms with van der Waals surface area (Å²) in [6.45, 7) is 3.29. The molecule has 142 valence electrons. The monoisotopic (exact) mass is 372 g/mol. The van der Waals surface area contributed by atoms with Crippen LogP contribution < -0.4 is 10.6 Å². The highest BCUT2D eigenvalue weighted by Crippen LogP contribution is 2.43. The predicted octanol–water partition coefficient (Wildman–Crippen LogP) is 4.32. The SMILES string of the molecule is N#Cc1c(-c2ccc(N)cc2)n(C2CCC2)c2ccc(N3CCOCC3)cc12. The number of hydrogen-bond acceptors (Lipinski definition) is 4. The number of nitriles is 1. The molecule has 0 unspecified atom stereocenters. The van der Waals surface area contributed by atoms with Gasteiger partial charge in [0, 0.05) is 35.9 Å². The molecule has 2 fully saturated rings. The first kappa shape index (κ1) is 17.2. The zero-order chi connectivity index (χ0) is 19.1. The smallest absolute Gasteiger partial charge is 0.102 e. The lowest BCUT2D eigenvalue weighted by atomic mass is 9.92. The molecule has 2 aromatic carbocycles. The van der Waals surface area contributed by atoms with E-state index in [2.05, 4.69) is 33.7 Å². The maximum absolute atomic E-state index is 10.1. The van der Waals surface area contributed by atoms with Crippen LogP contribution in [0.25, 0.3) is 22.2 Å². The van der Waals surface area contributed by atoms with Gasteiger partial charge in [-0.1, -0.05) is 12.1 Å². The van der Waals surface area contributed by atoms with Gasteiger partial charge in [0.2, 0.25) is 0 Å². The third-order valence-corrected chi connectivity index (χ3v) is 6.10. The van der Waals surface area contributed by atoms with Crippen molar-refractivity contribution in [2.24, 2.45) is 0 Å². The van der Waals surface area contributed by atoms with Gasteiger partial charge in [0.25, 0.3) is 0 Å². The van der Waals surface area contributed by atoms with E-state index in [1.807, 2.05) is 24.3 Å². The summed E-state index contributed by atoms with van der Waals surface area (Å²) in [5.41, 5.74) is 11.8. The van der Waals surface area contributed by atoms with Gasteiger partial charge in [-0.15, -0.1) is 0 Å². The first-order valence-corrected chi connectivity index (χ1v) is 10.0. The van der Waals surface area contributed by atoms with Crippen molar-refractivity contribution in [3.63, 3.8) is 0 Å². The standard InChI is InChI=1S/C23H24N4O/c24-15-21-20-14-19(26-10-12-28-13-11-26)8-9-22(20)27(18-2-1-3-18)23(21)16-4-6-17(25)7-5-16/h4-9,14,18H,1-3,10-13,25H2. The van der Waals surface area contributed by atoms with Crippen LogP contribution in [-0.2, 0) is 4.74 Å². The Morgan fingerprint density at radius 2 is 1.79 bits per heavy atom. The molecule has 1 aliphatic carbocycles. The Labute approximate surface area is 164 Å². The molecule has 0 radical (unpaired) electrons. The molecule has 5 heteroatoms. The van der Waals surface area contributed by atoms with Crippen molar-refractivity contribution in [1.29, 1.82) is 5.26 Å². The van der Waals surface area contributed by atoms with E-state index in [-0.39, 0.29) is 0 Å². The molecule has 0 bridgehead atoms. The second-order valence-electron chi connectivity index (χ2n) is 7.71. The third-order valence-electron chi connectivity index (χ3n) is 6.10. The lowest BCUT2D eigenvalue weighted by Crippen LogP contribution is -2.36. The van der Waals surface area contributed by atoms with Gasteiger partial charge in [-0.05, 0) is 55.2 Å². The molecular formula is C23H24N4O. The third kappa shape index (κ3) is 2.73. The second-order valence-corrected chi connectivity index (χ2v) is 7.71. The van der Waals surface area contributed by atoms with Gasteiger partial charge in [0.1, 0.15) is 6.07 Å². The quantitative estimate of drug-likeness (QED) is 0.695. The summed E-state index contributed by atoms with van der Waals surface area (Å²) in [5, 5.41) is 11.1. The fourth-order valence-corrected chi connectivity index (χ4v) is 4.38. The van der Waals surface area contributed by atoms with E-state index in [0.29, 0.717) is 6.04 Å². The fourth-order valence-electron chi connectivity index (χ4n) is 4.38. The highest BCUT2D eigenvalue weighted by atomic mass is 16.5. The maximum Gasteiger partial charge on any atom is 0.102 e. The van der Waals surface area contributed by atoms with Crippen molar-refractivity contribution >= 4 is 22.3 Å². The Hall–Kier alpha value is -2.97. The normalized spacial score (nSPS) is 17.5. The van der Waals surface area contributed by atoms with Gasteiger partial charge in [-0.2, -0.15) is 5.26 Å². The Bertz CT molecular complexity index is 1050. The minimum Gasteiger partial charge on any atom is -0.399 e. The van der Waals surface area contributed by atoms with Gasteiger partial charge in [-0.25, -0.2) is 0 Å². The Morgan fingerprint density at radius 3 is 2.43 bits per heavy atom. The van der Waals surface area contributed by atoms with Crippen LogP contribution >= 0.6 is 0 Å². The molecule has 0 amide bonds. The van der Waals surface area contributed by atoms with Gasteiger partial charge in [-0.3, -0.25) is 0 Å². The average Bonchev–Trinajstić information content (AvgIpc) is 3.01. The van der Waals surface area contributed by atoms with Crippen molar-refractivity contribution in [2.45, 2.75) is 25.3 Å². The molecule has 1 saturated carbocycles. The summed E-state index contributed by atoms with van der Waals surface area (Å²) in [4.78, 5) is 2.34. The molecule has 5 nitrogen and oxygen atoms in total. The molecule has 28 heavy (non-hydrogen) atoms. The Balaban J connectivity index is 1.72. The predicted molar refractivity (Wildman–Crippen MR) is 112 cm³/mol. The average molecular weight is 372 g/mol. The number of nitrogens with zero attached hydrogens (tertiary/aromatic N) is 3. The lowest BCUT2D eigenvalue weighted by Gasteiger charge is -2.31.